The van der Waals surface area contributed by atoms with E-state index in [1.54, 1.807) is 0 Å². The number of para-hydroxylation sites is 1. The second-order valence-corrected chi connectivity index (χ2v) is 5.43. The number of aromatic nitrogens is 2. The molecule has 1 aromatic carbocycles. The predicted molar refractivity (Wildman–Crippen MR) is 72.9 cm³/mol. The fraction of sp³-hybridized carbons (Fsp3) is 0.467. The van der Waals surface area contributed by atoms with Crippen molar-refractivity contribution in [3.63, 3.8) is 0 Å². The van der Waals surface area contributed by atoms with E-state index in [1.165, 1.54) is 0 Å². The summed E-state index contributed by atoms with van der Waals surface area (Å²) in [6.07, 6.45) is 3.61. The highest BCUT2D eigenvalue weighted by molar-refractivity contribution is 5.82. The second kappa shape index (κ2) is 4.68. The highest BCUT2D eigenvalue weighted by atomic mass is 16.4. The maximum absolute atomic E-state index is 11.2. The number of aryl methyl sites for hydroxylation is 1. The summed E-state index contributed by atoms with van der Waals surface area (Å²) in [6.45, 7) is 0. The molecule has 0 aliphatic heterocycles. The van der Waals surface area contributed by atoms with Crippen molar-refractivity contribution >= 4 is 16.9 Å². The van der Waals surface area contributed by atoms with E-state index in [0.717, 1.165) is 42.3 Å². The predicted octanol–water partition coefficient (Wildman–Crippen LogP) is 2.62. The average Bonchev–Trinajstić information content (AvgIpc) is 2.97. The first-order valence-electron chi connectivity index (χ1n) is 6.80. The molecule has 0 bridgehead atoms. The normalized spacial score (nSPS) is 23.0. The van der Waals surface area contributed by atoms with Gasteiger partial charge in [0.25, 0.3) is 0 Å². The Bertz CT molecular complexity index is 618. The van der Waals surface area contributed by atoms with Gasteiger partial charge in [-0.25, -0.2) is 0 Å². The van der Waals surface area contributed by atoms with Gasteiger partial charge >= 0.3 is 5.97 Å². The van der Waals surface area contributed by atoms with Crippen molar-refractivity contribution in [3.8, 4) is 0 Å². The lowest BCUT2D eigenvalue weighted by molar-refractivity contribution is -0.142. The molecule has 0 spiro atoms. The maximum Gasteiger partial charge on any atom is 0.306 e. The fourth-order valence-corrected chi connectivity index (χ4v) is 3.29. The van der Waals surface area contributed by atoms with Gasteiger partial charge in [0.05, 0.1) is 17.1 Å². The standard InChI is InChI=1S/C15H18N2O2/c1-17-14-8-3-2-6-12(14)13(16-17)9-10-5-4-7-11(10)15(18)19/h2-3,6,8,10-11H,4-5,7,9H2,1H3,(H,18,19). The lowest BCUT2D eigenvalue weighted by Crippen LogP contribution is -2.20. The van der Waals surface area contributed by atoms with Crippen LogP contribution in [0.15, 0.2) is 24.3 Å². The van der Waals surface area contributed by atoms with Crippen molar-refractivity contribution in [2.24, 2.45) is 18.9 Å². The van der Waals surface area contributed by atoms with Crippen LogP contribution in [-0.2, 0) is 18.3 Å². The number of carbonyl (C=O) groups is 1. The van der Waals surface area contributed by atoms with Gasteiger partial charge in [0.15, 0.2) is 0 Å². The molecule has 1 aliphatic carbocycles. The van der Waals surface area contributed by atoms with Crippen LogP contribution in [0.3, 0.4) is 0 Å². The largest absolute Gasteiger partial charge is 0.481 e. The molecule has 100 valence electrons. The number of aliphatic carboxylic acids is 1. The zero-order valence-electron chi connectivity index (χ0n) is 11.0. The first-order chi connectivity index (χ1) is 9.16. The summed E-state index contributed by atoms with van der Waals surface area (Å²) < 4.78 is 1.88. The summed E-state index contributed by atoms with van der Waals surface area (Å²) in [5.41, 5.74) is 2.15. The number of rotatable bonds is 3. The Labute approximate surface area is 112 Å². The molecular weight excluding hydrogens is 240 g/mol. The molecule has 2 atom stereocenters. The third-order valence-corrected chi connectivity index (χ3v) is 4.27. The van der Waals surface area contributed by atoms with Gasteiger partial charge in [-0.15, -0.1) is 0 Å². The van der Waals surface area contributed by atoms with Crippen LogP contribution in [0.1, 0.15) is 25.0 Å². The van der Waals surface area contributed by atoms with Crippen molar-refractivity contribution in [2.75, 3.05) is 0 Å². The molecule has 0 radical (unpaired) electrons. The minimum Gasteiger partial charge on any atom is -0.481 e. The summed E-state index contributed by atoms with van der Waals surface area (Å²) in [5, 5.41) is 15.0. The Morgan fingerprint density at radius 1 is 1.42 bits per heavy atom. The molecule has 4 nitrogen and oxygen atoms in total. The first-order valence-corrected chi connectivity index (χ1v) is 6.80. The van der Waals surface area contributed by atoms with Gasteiger partial charge in [0.1, 0.15) is 0 Å². The molecular formula is C15H18N2O2. The van der Waals surface area contributed by atoms with Gasteiger partial charge in [-0.1, -0.05) is 24.6 Å². The van der Waals surface area contributed by atoms with Crippen LogP contribution in [0.2, 0.25) is 0 Å². The number of fused-ring (bicyclic) bond motifs is 1. The molecule has 4 heteroatoms. The number of hydrogen-bond donors (Lipinski definition) is 1. The monoisotopic (exact) mass is 258 g/mol. The SMILES string of the molecule is Cn1nc(CC2CCCC2C(=O)O)c2ccccc21. The van der Waals surface area contributed by atoms with E-state index >= 15 is 0 Å². The summed E-state index contributed by atoms with van der Waals surface area (Å²) in [4.78, 5) is 11.2. The van der Waals surface area contributed by atoms with Gasteiger partial charge in [-0.2, -0.15) is 5.10 Å². The van der Waals surface area contributed by atoms with Crippen LogP contribution in [0, 0.1) is 11.8 Å². The molecule has 19 heavy (non-hydrogen) atoms. The molecule has 1 heterocycles. The third kappa shape index (κ3) is 2.11. The van der Waals surface area contributed by atoms with Gasteiger partial charge in [-0.05, 0) is 31.2 Å². The van der Waals surface area contributed by atoms with E-state index in [0.29, 0.717) is 0 Å². The first kappa shape index (κ1) is 12.2. The zero-order chi connectivity index (χ0) is 13.4. The van der Waals surface area contributed by atoms with Crippen molar-refractivity contribution in [2.45, 2.75) is 25.7 Å². The molecule has 1 fully saturated rings. The Morgan fingerprint density at radius 3 is 3.00 bits per heavy atom. The summed E-state index contributed by atoms with van der Waals surface area (Å²) in [6, 6.07) is 8.14. The maximum atomic E-state index is 11.2. The summed E-state index contributed by atoms with van der Waals surface area (Å²) >= 11 is 0. The van der Waals surface area contributed by atoms with Crippen LogP contribution in [0.4, 0.5) is 0 Å². The van der Waals surface area contributed by atoms with E-state index in [4.69, 9.17) is 0 Å². The van der Waals surface area contributed by atoms with Crippen molar-refractivity contribution < 1.29 is 9.90 Å². The molecule has 2 unspecified atom stereocenters. The van der Waals surface area contributed by atoms with Gasteiger partial charge < -0.3 is 5.11 Å². The third-order valence-electron chi connectivity index (χ3n) is 4.27. The van der Waals surface area contributed by atoms with E-state index in [1.807, 2.05) is 23.9 Å². The Balaban J connectivity index is 1.91. The molecule has 1 N–H and O–H groups in total. The van der Waals surface area contributed by atoms with Gasteiger partial charge in [-0.3, -0.25) is 9.48 Å². The number of nitrogens with zero attached hydrogens (tertiary/aromatic N) is 2. The molecule has 3 rings (SSSR count). The molecule has 1 aromatic heterocycles. The van der Waals surface area contributed by atoms with E-state index in [-0.39, 0.29) is 11.8 Å². The number of hydrogen-bond acceptors (Lipinski definition) is 2. The van der Waals surface area contributed by atoms with Gasteiger partial charge in [0.2, 0.25) is 0 Å². The minimum absolute atomic E-state index is 0.194. The van der Waals surface area contributed by atoms with Crippen molar-refractivity contribution in [1.82, 2.24) is 9.78 Å². The van der Waals surface area contributed by atoms with Crippen LogP contribution in [-0.4, -0.2) is 20.9 Å². The lowest BCUT2D eigenvalue weighted by atomic mass is 9.91. The fourth-order valence-electron chi connectivity index (χ4n) is 3.29. The highest BCUT2D eigenvalue weighted by Crippen LogP contribution is 2.35. The van der Waals surface area contributed by atoms with Crippen LogP contribution in [0.5, 0.6) is 0 Å². The van der Waals surface area contributed by atoms with E-state index in [2.05, 4.69) is 17.2 Å². The Kier molecular flexibility index (Phi) is 3.01. The Morgan fingerprint density at radius 2 is 2.21 bits per heavy atom. The van der Waals surface area contributed by atoms with Crippen molar-refractivity contribution in [1.29, 1.82) is 0 Å². The van der Waals surface area contributed by atoms with Crippen molar-refractivity contribution in [3.05, 3.63) is 30.0 Å². The molecule has 0 amide bonds. The van der Waals surface area contributed by atoms with Crippen LogP contribution < -0.4 is 0 Å². The second-order valence-electron chi connectivity index (χ2n) is 5.43. The average molecular weight is 258 g/mol. The van der Waals surface area contributed by atoms with E-state index < -0.39 is 5.97 Å². The highest BCUT2D eigenvalue weighted by Gasteiger charge is 2.33. The number of carboxylic acids is 1. The molecule has 0 saturated heterocycles. The zero-order valence-corrected chi connectivity index (χ0v) is 11.0. The van der Waals surface area contributed by atoms with Crippen LogP contribution >= 0.6 is 0 Å². The Hall–Kier alpha value is -1.84. The van der Waals surface area contributed by atoms with Gasteiger partial charge in [0, 0.05) is 12.4 Å². The van der Waals surface area contributed by atoms with E-state index in [9.17, 15) is 9.90 Å². The summed E-state index contributed by atoms with van der Waals surface area (Å²) in [5.74, 6) is -0.612. The smallest absolute Gasteiger partial charge is 0.306 e. The lowest BCUT2D eigenvalue weighted by Gasteiger charge is -2.14. The summed E-state index contributed by atoms with van der Waals surface area (Å²) in [7, 11) is 1.94. The molecule has 1 aliphatic rings. The number of benzene rings is 1. The van der Waals surface area contributed by atoms with Crippen LogP contribution in [0.25, 0.3) is 10.9 Å². The minimum atomic E-state index is -0.650. The number of carboxylic acid groups (broad SMARTS) is 1. The quantitative estimate of drug-likeness (QED) is 0.920. The molecule has 1 saturated carbocycles. The topological polar surface area (TPSA) is 55.1 Å². The molecule has 2 aromatic rings.